The number of hydrogen-bond acceptors (Lipinski definition) is 5. The van der Waals surface area contributed by atoms with Gasteiger partial charge in [0.1, 0.15) is 5.82 Å². The molecule has 0 fully saturated rings. The van der Waals surface area contributed by atoms with Crippen LogP contribution in [0.4, 0.5) is 5.69 Å². The van der Waals surface area contributed by atoms with Crippen molar-refractivity contribution in [2.75, 3.05) is 11.1 Å². The summed E-state index contributed by atoms with van der Waals surface area (Å²) in [5.74, 6) is 1.79. The molecule has 5 nitrogen and oxygen atoms in total. The maximum atomic E-state index is 12.3. The summed E-state index contributed by atoms with van der Waals surface area (Å²) in [6, 6.07) is 17.9. The lowest BCUT2D eigenvalue weighted by molar-refractivity contribution is -0.113. The molecule has 1 heterocycles. The molecule has 0 bridgehead atoms. The minimum absolute atomic E-state index is 0.0658. The molecular formula is C21H22N4OS2. The highest BCUT2D eigenvalue weighted by atomic mass is 32.2. The minimum Gasteiger partial charge on any atom is -0.325 e. The van der Waals surface area contributed by atoms with E-state index in [-0.39, 0.29) is 11.7 Å². The molecule has 28 heavy (non-hydrogen) atoms. The molecule has 2 aromatic carbocycles. The van der Waals surface area contributed by atoms with E-state index in [9.17, 15) is 4.79 Å². The van der Waals surface area contributed by atoms with Crippen molar-refractivity contribution in [3.63, 3.8) is 0 Å². The summed E-state index contributed by atoms with van der Waals surface area (Å²) in [6.45, 7) is 6.43. The average Bonchev–Trinajstić information content (AvgIpc) is 3.08. The van der Waals surface area contributed by atoms with Gasteiger partial charge in [-0.1, -0.05) is 48.2 Å². The van der Waals surface area contributed by atoms with Crippen molar-refractivity contribution in [1.29, 1.82) is 0 Å². The van der Waals surface area contributed by atoms with Gasteiger partial charge in [-0.3, -0.25) is 4.79 Å². The second-order valence-corrected chi connectivity index (χ2v) is 8.10. The van der Waals surface area contributed by atoms with Gasteiger partial charge in [0.05, 0.1) is 11.5 Å². The van der Waals surface area contributed by atoms with Crippen molar-refractivity contribution in [2.24, 2.45) is 0 Å². The summed E-state index contributed by atoms with van der Waals surface area (Å²) in [5.41, 5.74) is 1.91. The molecule has 0 radical (unpaired) electrons. The van der Waals surface area contributed by atoms with E-state index >= 15 is 0 Å². The van der Waals surface area contributed by atoms with Crippen LogP contribution in [-0.4, -0.2) is 26.4 Å². The Labute approximate surface area is 173 Å². The van der Waals surface area contributed by atoms with Gasteiger partial charge >= 0.3 is 0 Å². The fourth-order valence-corrected chi connectivity index (χ4v) is 4.19. The number of benzene rings is 2. The van der Waals surface area contributed by atoms with Crippen LogP contribution >= 0.6 is 23.5 Å². The summed E-state index contributed by atoms with van der Waals surface area (Å²) in [4.78, 5) is 13.5. The zero-order valence-electron chi connectivity index (χ0n) is 15.7. The van der Waals surface area contributed by atoms with Crippen LogP contribution in [0.1, 0.15) is 11.4 Å². The standard InChI is InChI=1S/C21H22N4OS2/c1-3-12-25-19(14-27-18-10-5-4-6-11-18)23-24-21(25)28-15-20(26)22-17-9-7-8-16(2)13-17/h3-11,13H,1,12,14-15H2,2H3,(H,22,26). The number of thioether (sulfide) groups is 2. The zero-order valence-corrected chi connectivity index (χ0v) is 17.3. The van der Waals surface area contributed by atoms with Crippen molar-refractivity contribution < 1.29 is 4.79 Å². The predicted octanol–water partition coefficient (Wildman–Crippen LogP) is 4.80. The molecular weight excluding hydrogens is 388 g/mol. The van der Waals surface area contributed by atoms with Gasteiger partial charge in [-0.25, -0.2) is 0 Å². The van der Waals surface area contributed by atoms with E-state index in [2.05, 4.69) is 34.2 Å². The van der Waals surface area contributed by atoms with Crippen molar-refractivity contribution in [2.45, 2.75) is 29.3 Å². The van der Waals surface area contributed by atoms with Crippen LogP contribution in [0.3, 0.4) is 0 Å². The molecule has 0 aliphatic heterocycles. The molecule has 1 aromatic heterocycles. The van der Waals surface area contributed by atoms with Crippen LogP contribution in [0.15, 0.2) is 77.3 Å². The smallest absolute Gasteiger partial charge is 0.234 e. The summed E-state index contributed by atoms with van der Waals surface area (Å²) in [5, 5.41) is 12.2. The summed E-state index contributed by atoms with van der Waals surface area (Å²) in [6.07, 6.45) is 1.82. The lowest BCUT2D eigenvalue weighted by Gasteiger charge is -2.08. The number of anilines is 1. The Morgan fingerprint density at radius 1 is 1.14 bits per heavy atom. The largest absolute Gasteiger partial charge is 0.325 e. The van der Waals surface area contributed by atoms with E-state index in [1.54, 1.807) is 11.8 Å². The summed E-state index contributed by atoms with van der Waals surface area (Å²) >= 11 is 3.09. The molecule has 3 aromatic rings. The first-order chi connectivity index (χ1) is 13.7. The van der Waals surface area contributed by atoms with Crippen LogP contribution in [0.2, 0.25) is 0 Å². The molecule has 0 aliphatic rings. The van der Waals surface area contributed by atoms with E-state index < -0.39 is 0 Å². The molecule has 0 spiro atoms. The van der Waals surface area contributed by atoms with Gasteiger partial charge in [0.2, 0.25) is 5.91 Å². The fourth-order valence-electron chi connectivity index (χ4n) is 2.56. The van der Waals surface area contributed by atoms with E-state index in [0.717, 1.165) is 22.2 Å². The lowest BCUT2D eigenvalue weighted by atomic mass is 10.2. The fraction of sp³-hybridized carbons (Fsp3) is 0.190. The first-order valence-corrected chi connectivity index (χ1v) is 10.8. The highest BCUT2D eigenvalue weighted by molar-refractivity contribution is 7.99. The molecule has 1 amide bonds. The topological polar surface area (TPSA) is 59.8 Å². The third-order valence-electron chi connectivity index (χ3n) is 3.85. The van der Waals surface area contributed by atoms with E-state index in [1.807, 2.05) is 60.0 Å². The second-order valence-electron chi connectivity index (χ2n) is 6.11. The Balaban J connectivity index is 1.60. The molecule has 144 valence electrons. The maximum absolute atomic E-state index is 12.3. The summed E-state index contributed by atoms with van der Waals surface area (Å²) in [7, 11) is 0. The Morgan fingerprint density at radius 2 is 1.96 bits per heavy atom. The number of nitrogens with zero attached hydrogens (tertiary/aromatic N) is 3. The van der Waals surface area contributed by atoms with Crippen LogP contribution in [-0.2, 0) is 17.1 Å². The monoisotopic (exact) mass is 410 g/mol. The maximum Gasteiger partial charge on any atom is 0.234 e. The number of carbonyl (C=O) groups is 1. The molecule has 1 N–H and O–H groups in total. The Kier molecular flexibility index (Phi) is 7.33. The van der Waals surface area contributed by atoms with Crippen LogP contribution in [0.25, 0.3) is 0 Å². The highest BCUT2D eigenvalue weighted by Gasteiger charge is 2.14. The Morgan fingerprint density at radius 3 is 2.71 bits per heavy atom. The van der Waals surface area contributed by atoms with E-state index in [4.69, 9.17) is 0 Å². The first-order valence-electron chi connectivity index (χ1n) is 8.86. The van der Waals surface area contributed by atoms with Gasteiger partial charge in [-0.15, -0.1) is 28.5 Å². The normalized spacial score (nSPS) is 10.6. The van der Waals surface area contributed by atoms with Gasteiger partial charge in [-0.2, -0.15) is 0 Å². The second kappa shape index (κ2) is 10.1. The quantitative estimate of drug-likeness (QED) is 0.406. The minimum atomic E-state index is -0.0658. The number of nitrogens with one attached hydrogen (secondary N) is 1. The molecule has 0 unspecified atom stereocenters. The van der Waals surface area contributed by atoms with E-state index in [0.29, 0.717) is 12.3 Å². The highest BCUT2D eigenvalue weighted by Crippen LogP contribution is 2.24. The third-order valence-corrected chi connectivity index (χ3v) is 5.83. The van der Waals surface area contributed by atoms with Gasteiger partial charge in [0.25, 0.3) is 0 Å². The number of aromatic nitrogens is 3. The van der Waals surface area contributed by atoms with E-state index in [1.165, 1.54) is 16.7 Å². The van der Waals surface area contributed by atoms with Crippen molar-refractivity contribution in [3.05, 3.63) is 78.6 Å². The number of amides is 1. The molecule has 0 saturated heterocycles. The van der Waals surface area contributed by atoms with Gasteiger partial charge in [-0.05, 0) is 36.8 Å². The molecule has 0 saturated carbocycles. The van der Waals surface area contributed by atoms with Gasteiger partial charge in [0, 0.05) is 17.1 Å². The molecule has 3 rings (SSSR count). The first kappa shape index (κ1) is 20.2. The SMILES string of the molecule is C=CCn1c(CSc2ccccc2)nnc1SCC(=O)Nc1cccc(C)c1. The van der Waals surface area contributed by atoms with Crippen molar-refractivity contribution >= 4 is 35.1 Å². The molecule has 0 aliphatic carbocycles. The number of carbonyl (C=O) groups excluding carboxylic acids is 1. The Hall–Kier alpha value is -2.51. The predicted molar refractivity (Wildman–Crippen MR) is 117 cm³/mol. The van der Waals surface area contributed by atoms with Crippen LogP contribution in [0.5, 0.6) is 0 Å². The van der Waals surface area contributed by atoms with Crippen LogP contribution < -0.4 is 5.32 Å². The number of allylic oxidation sites excluding steroid dienone is 1. The van der Waals surface area contributed by atoms with Crippen LogP contribution in [0, 0.1) is 6.92 Å². The van der Waals surface area contributed by atoms with Gasteiger partial charge < -0.3 is 9.88 Å². The van der Waals surface area contributed by atoms with Crippen molar-refractivity contribution in [3.8, 4) is 0 Å². The lowest BCUT2D eigenvalue weighted by Crippen LogP contribution is -2.14. The third kappa shape index (κ3) is 5.74. The number of hydrogen-bond donors (Lipinski definition) is 1. The number of rotatable bonds is 9. The summed E-state index contributed by atoms with van der Waals surface area (Å²) < 4.78 is 2.01. The van der Waals surface area contributed by atoms with Gasteiger partial charge in [0.15, 0.2) is 5.16 Å². The average molecular weight is 411 g/mol. The molecule has 7 heteroatoms. The van der Waals surface area contributed by atoms with Crippen molar-refractivity contribution in [1.82, 2.24) is 14.8 Å². The number of aryl methyl sites for hydroxylation is 1. The Bertz CT molecular complexity index is 941. The zero-order chi connectivity index (χ0) is 19.8. The molecule has 0 atom stereocenters.